The molecule has 0 N–H and O–H groups in total. The average Bonchev–Trinajstić information content (AvgIpc) is 3.07. The molecule has 0 aromatic rings. The summed E-state index contributed by atoms with van der Waals surface area (Å²) in [6, 6.07) is 0. The first kappa shape index (κ1) is 20.0. The molecule has 0 aromatic heterocycles. The Balaban J connectivity index is 2.60. The van der Waals surface area contributed by atoms with Crippen LogP contribution in [0.15, 0.2) is 12.2 Å². The predicted octanol–water partition coefficient (Wildman–Crippen LogP) is 4.67. The zero-order chi connectivity index (χ0) is 18.8. The molecule has 0 amide bonds. The van der Waals surface area contributed by atoms with Crippen molar-refractivity contribution in [2.75, 3.05) is 0 Å². The lowest BCUT2D eigenvalue weighted by Crippen LogP contribution is -2.56. The SMILES string of the molecule is CCCC1(C(=O)OC(C)C)[C@@H]2C=C[C@H](C2)C1(CCC)C(=O)OC(C)C. The Morgan fingerprint density at radius 2 is 1.24 bits per heavy atom. The number of carbonyl (C=O) groups is 2. The maximum absolute atomic E-state index is 13.4. The topological polar surface area (TPSA) is 52.6 Å². The Bertz CT molecular complexity index is 490. The van der Waals surface area contributed by atoms with Gasteiger partial charge in [0.05, 0.1) is 23.0 Å². The summed E-state index contributed by atoms with van der Waals surface area (Å²) >= 11 is 0. The van der Waals surface area contributed by atoms with Gasteiger partial charge in [0.2, 0.25) is 0 Å². The van der Waals surface area contributed by atoms with Crippen molar-refractivity contribution < 1.29 is 19.1 Å². The normalized spacial score (nSPS) is 33.3. The highest BCUT2D eigenvalue weighted by Gasteiger charge is 2.73. The predicted molar refractivity (Wildman–Crippen MR) is 97.9 cm³/mol. The largest absolute Gasteiger partial charge is 0.463 e. The van der Waals surface area contributed by atoms with Gasteiger partial charge in [-0.15, -0.1) is 0 Å². The highest BCUT2D eigenvalue weighted by atomic mass is 16.6. The van der Waals surface area contributed by atoms with Gasteiger partial charge in [0.15, 0.2) is 0 Å². The molecular weight excluding hydrogens is 316 g/mol. The lowest BCUT2D eigenvalue weighted by atomic mass is 9.54. The fourth-order valence-electron chi connectivity index (χ4n) is 5.21. The molecule has 4 nitrogen and oxygen atoms in total. The summed E-state index contributed by atoms with van der Waals surface area (Å²) in [5.41, 5.74) is -1.60. The van der Waals surface area contributed by atoms with Gasteiger partial charge in [-0.2, -0.15) is 0 Å². The number of hydrogen-bond donors (Lipinski definition) is 0. The number of carbonyl (C=O) groups excluding carboxylic acids is 2. The quantitative estimate of drug-likeness (QED) is 0.471. The Morgan fingerprint density at radius 1 is 0.880 bits per heavy atom. The summed E-state index contributed by atoms with van der Waals surface area (Å²) in [5.74, 6) is -0.296. The highest BCUT2D eigenvalue weighted by Crippen LogP contribution is 2.68. The lowest BCUT2D eigenvalue weighted by molar-refractivity contribution is -0.190. The Hall–Kier alpha value is -1.32. The molecule has 0 spiro atoms. The van der Waals surface area contributed by atoms with Crippen LogP contribution in [0.2, 0.25) is 0 Å². The van der Waals surface area contributed by atoms with Crippen molar-refractivity contribution in [1.29, 1.82) is 0 Å². The smallest absolute Gasteiger partial charge is 0.314 e. The van der Waals surface area contributed by atoms with E-state index < -0.39 is 10.8 Å². The van der Waals surface area contributed by atoms with Crippen LogP contribution in [0.3, 0.4) is 0 Å². The van der Waals surface area contributed by atoms with Gasteiger partial charge in [0.1, 0.15) is 0 Å². The second-order valence-corrected chi connectivity index (χ2v) is 8.18. The third-order valence-electron chi connectivity index (χ3n) is 5.85. The van der Waals surface area contributed by atoms with Gasteiger partial charge >= 0.3 is 11.9 Å². The van der Waals surface area contributed by atoms with Crippen molar-refractivity contribution in [3.8, 4) is 0 Å². The Labute approximate surface area is 152 Å². The van der Waals surface area contributed by atoms with E-state index in [4.69, 9.17) is 9.47 Å². The van der Waals surface area contributed by atoms with Crippen molar-refractivity contribution in [3.05, 3.63) is 12.2 Å². The molecule has 0 aromatic carbocycles. The lowest BCUT2D eigenvalue weighted by Gasteiger charge is -2.48. The Morgan fingerprint density at radius 3 is 1.52 bits per heavy atom. The van der Waals surface area contributed by atoms with E-state index in [0.717, 1.165) is 19.3 Å². The fourth-order valence-corrected chi connectivity index (χ4v) is 5.21. The minimum absolute atomic E-state index is 0.0648. The molecule has 25 heavy (non-hydrogen) atoms. The summed E-state index contributed by atoms with van der Waals surface area (Å²) in [7, 11) is 0. The minimum Gasteiger partial charge on any atom is -0.463 e. The van der Waals surface area contributed by atoms with E-state index in [1.54, 1.807) is 0 Å². The van der Waals surface area contributed by atoms with Crippen molar-refractivity contribution in [1.82, 2.24) is 0 Å². The van der Waals surface area contributed by atoms with Crippen LogP contribution in [0.25, 0.3) is 0 Å². The van der Waals surface area contributed by atoms with Gasteiger partial charge < -0.3 is 9.47 Å². The number of rotatable bonds is 8. The second kappa shape index (κ2) is 7.51. The van der Waals surface area contributed by atoms with Crippen LogP contribution in [-0.4, -0.2) is 24.1 Å². The number of hydrogen-bond acceptors (Lipinski definition) is 4. The number of ether oxygens (including phenoxy) is 2. The van der Waals surface area contributed by atoms with Crippen LogP contribution in [0.4, 0.5) is 0 Å². The molecule has 142 valence electrons. The first-order valence-corrected chi connectivity index (χ1v) is 9.86. The molecule has 4 atom stereocenters. The standard InChI is InChI=1S/C21H34O4/c1-7-11-20(18(22)24-14(3)4)16-9-10-17(13-16)21(20,12-8-2)19(23)25-15(5)6/h9-10,14-17H,7-8,11-13H2,1-6H3/t16-,17-,20?,21?/m1/s1. The number of fused-ring (bicyclic) bond motifs is 2. The van der Waals surface area contributed by atoms with Crippen molar-refractivity contribution in [3.63, 3.8) is 0 Å². The van der Waals surface area contributed by atoms with Gasteiger partial charge in [-0.25, -0.2) is 0 Å². The number of esters is 2. The van der Waals surface area contributed by atoms with Crippen LogP contribution in [0.1, 0.15) is 73.6 Å². The monoisotopic (exact) mass is 350 g/mol. The third-order valence-corrected chi connectivity index (χ3v) is 5.85. The minimum atomic E-state index is -0.798. The van der Waals surface area contributed by atoms with E-state index in [-0.39, 0.29) is 36.0 Å². The molecule has 2 unspecified atom stereocenters. The van der Waals surface area contributed by atoms with Gasteiger partial charge in [0.25, 0.3) is 0 Å². The molecular formula is C21H34O4. The molecule has 2 rings (SSSR count). The summed E-state index contributed by atoms with van der Waals surface area (Å²) in [6.07, 6.45) is 7.75. The molecule has 2 aliphatic carbocycles. The molecule has 1 fully saturated rings. The van der Waals surface area contributed by atoms with Crippen molar-refractivity contribution in [2.45, 2.75) is 85.9 Å². The summed E-state index contributed by atoms with van der Waals surface area (Å²) in [5, 5.41) is 0. The van der Waals surface area contributed by atoms with E-state index in [9.17, 15) is 9.59 Å². The van der Waals surface area contributed by atoms with Crippen molar-refractivity contribution >= 4 is 11.9 Å². The van der Waals surface area contributed by atoms with Gasteiger partial charge in [0, 0.05) is 0 Å². The molecule has 0 saturated heterocycles. The maximum Gasteiger partial charge on any atom is 0.314 e. The average molecular weight is 350 g/mol. The fraction of sp³-hybridized carbons (Fsp3) is 0.810. The zero-order valence-corrected chi connectivity index (χ0v) is 16.6. The van der Waals surface area contributed by atoms with E-state index >= 15 is 0 Å². The van der Waals surface area contributed by atoms with Crippen LogP contribution in [-0.2, 0) is 19.1 Å². The van der Waals surface area contributed by atoms with E-state index in [1.807, 2.05) is 27.7 Å². The van der Waals surface area contributed by atoms with Gasteiger partial charge in [-0.05, 0) is 58.8 Å². The second-order valence-electron chi connectivity index (χ2n) is 8.18. The molecule has 2 bridgehead atoms. The van der Waals surface area contributed by atoms with E-state index in [1.165, 1.54) is 0 Å². The first-order valence-electron chi connectivity index (χ1n) is 9.86. The van der Waals surface area contributed by atoms with Gasteiger partial charge in [-0.1, -0.05) is 38.8 Å². The van der Waals surface area contributed by atoms with E-state index in [2.05, 4.69) is 26.0 Å². The molecule has 4 heteroatoms. The van der Waals surface area contributed by atoms with E-state index in [0.29, 0.717) is 12.8 Å². The maximum atomic E-state index is 13.4. The third kappa shape index (κ3) is 3.02. The highest BCUT2D eigenvalue weighted by molar-refractivity contribution is 5.91. The summed E-state index contributed by atoms with van der Waals surface area (Å²) in [6.45, 7) is 11.6. The molecule has 0 radical (unpaired) electrons. The number of allylic oxidation sites excluding steroid dienone is 2. The molecule has 0 aliphatic heterocycles. The van der Waals surface area contributed by atoms with Crippen LogP contribution >= 0.6 is 0 Å². The van der Waals surface area contributed by atoms with Gasteiger partial charge in [-0.3, -0.25) is 9.59 Å². The molecule has 2 aliphatic rings. The molecule has 1 saturated carbocycles. The van der Waals surface area contributed by atoms with Crippen LogP contribution in [0.5, 0.6) is 0 Å². The summed E-state index contributed by atoms with van der Waals surface area (Å²) < 4.78 is 11.4. The Kier molecular flexibility index (Phi) is 6.01. The van der Waals surface area contributed by atoms with Crippen molar-refractivity contribution in [2.24, 2.45) is 22.7 Å². The summed E-state index contributed by atoms with van der Waals surface area (Å²) in [4.78, 5) is 26.7. The zero-order valence-electron chi connectivity index (χ0n) is 16.6. The van der Waals surface area contributed by atoms with Crippen LogP contribution in [0, 0.1) is 22.7 Å². The first-order chi connectivity index (χ1) is 11.8. The van der Waals surface area contributed by atoms with Crippen LogP contribution < -0.4 is 0 Å². The molecule has 0 heterocycles.